The zero-order valence-corrected chi connectivity index (χ0v) is 27.7. The number of carbonyl (C=O) groups is 4. The molecule has 4 rings (SSSR count). The van der Waals surface area contributed by atoms with Crippen LogP contribution in [0.25, 0.3) is 11.1 Å². The van der Waals surface area contributed by atoms with Crippen LogP contribution in [0.1, 0.15) is 26.3 Å². The fourth-order valence-electron chi connectivity index (χ4n) is 4.49. The minimum Gasteiger partial charge on any atom is -0.459 e. The average molecular weight is 690 g/mol. The first-order valence-electron chi connectivity index (χ1n) is 14.8. The van der Waals surface area contributed by atoms with Gasteiger partial charge < -0.3 is 31.3 Å². The van der Waals surface area contributed by atoms with Crippen molar-refractivity contribution in [2.75, 3.05) is 32.5 Å². The molecule has 0 aliphatic rings. The molecule has 48 heavy (non-hydrogen) atoms. The quantitative estimate of drug-likeness (QED) is 0.0825. The number of hydrogen-bond donors (Lipinski definition) is 5. The summed E-state index contributed by atoms with van der Waals surface area (Å²) in [4.78, 5) is 56.1. The highest BCUT2D eigenvalue weighted by Gasteiger charge is 2.26. The highest BCUT2D eigenvalue weighted by Crippen LogP contribution is 2.32. The molecule has 1 atom stereocenters. The molecule has 5 N–H and O–H groups in total. The summed E-state index contributed by atoms with van der Waals surface area (Å²) in [7, 11) is 3.32. The molecule has 0 saturated carbocycles. The highest BCUT2D eigenvalue weighted by atomic mass is 35.5. The van der Waals surface area contributed by atoms with Crippen molar-refractivity contribution in [3.63, 3.8) is 0 Å². The van der Waals surface area contributed by atoms with E-state index >= 15 is 0 Å². The number of benzene rings is 4. The number of aliphatic imine (C=N–C) groups is 1. The third-order valence-electron chi connectivity index (χ3n) is 6.95. The summed E-state index contributed by atoms with van der Waals surface area (Å²) in [5.41, 5.74) is 3.17. The van der Waals surface area contributed by atoms with Gasteiger partial charge in [0.25, 0.3) is 11.8 Å². The fourth-order valence-corrected chi connectivity index (χ4v) is 5.15. The van der Waals surface area contributed by atoms with E-state index in [4.69, 9.17) is 27.9 Å². The topological polar surface area (TPSA) is 150 Å². The van der Waals surface area contributed by atoms with E-state index in [1.807, 2.05) is 36.4 Å². The van der Waals surface area contributed by atoms with Crippen molar-refractivity contribution in [1.82, 2.24) is 21.3 Å². The van der Waals surface area contributed by atoms with E-state index in [2.05, 4.69) is 31.6 Å². The summed E-state index contributed by atoms with van der Waals surface area (Å²) in [6, 6.07) is 26.9. The molecular weight excluding hydrogens is 655 g/mol. The Hall–Kier alpha value is -5.39. The number of guanidine groups is 1. The summed E-state index contributed by atoms with van der Waals surface area (Å²) in [5, 5.41) is 13.8. The van der Waals surface area contributed by atoms with Gasteiger partial charge in [-0.15, -0.1) is 0 Å². The lowest BCUT2D eigenvalue weighted by molar-refractivity contribution is -0.147. The Kier molecular flexibility index (Phi) is 12.9. The van der Waals surface area contributed by atoms with Gasteiger partial charge in [-0.05, 0) is 47.0 Å². The van der Waals surface area contributed by atoms with Crippen LogP contribution in [0.5, 0.6) is 0 Å². The van der Waals surface area contributed by atoms with Gasteiger partial charge in [0.2, 0.25) is 5.91 Å². The summed E-state index contributed by atoms with van der Waals surface area (Å²) < 4.78 is 5.45. The lowest BCUT2D eigenvalue weighted by Crippen LogP contribution is -2.50. The summed E-state index contributed by atoms with van der Waals surface area (Å²) in [6.07, 6.45) is 0. The summed E-state index contributed by atoms with van der Waals surface area (Å²) in [5.74, 6) is -2.14. The zero-order valence-electron chi connectivity index (χ0n) is 26.2. The molecule has 11 nitrogen and oxygen atoms in total. The van der Waals surface area contributed by atoms with Crippen molar-refractivity contribution in [3.8, 4) is 11.1 Å². The minimum atomic E-state index is -1.31. The lowest BCUT2D eigenvalue weighted by atomic mass is 10.0. The van der Waals surface area contributed by atoms with E-state index in [1.165, 1.54) is 0 Å². The van der Waals surface area contributed by atoms with Crippen LogP contribution in [0.15, 0.2) is 102 Å². The van der Waals surface area contributed by atoms with Crippen molar-refractivity contribution in [1.29, 1.82) is 0 Å². The predicted octanol–water partition coefficient (Wildman–Crippen LogP) is 4.67. The Morgan fingerprint density at radius 1 is 0.792 bits per heavy atom. The molecule has 0 aliphatic carbocycles. The molecule has 4 aromatic rings. The van der Waals surface area contributed by atoms with Gasteiger partial charge in [0.1, 0.15) is 12.6 Å². The van der Waals surface area contributed by atoms with Crippen LogP contribution < -0.4 is 26.6 Å². The number of hydrogen-bond acceptors (Lipinski definition) is 6. The van der Waals surface area contributed by atoms with E-state index in [0.29, 0.717) is 22.8 Å². The Morgan fingerprint density at radius 2 is 1.46 bits per heavy atom. The Labute approximate surface area is 288 Å². The molecule has 4 aromatic carbocycles. The standard InChI is InChI=1S/C35H34Cl2N6O5/c1-38-35(39-2)42-26-15-9-14-24(16-26)32(45)41-20-30(44)40-19-29(34(47)48-21-22-10-5-3-6-11-22)43-33(46)31-27(36)17-25(18-28(31)37)23-12-7-4-8-13-23/h3-18,29H,19-21H2,1-2H3,(H,40,44)(H,41,45)(H,43,46)(H2,38,39,42)/t29-/m0/s1. The SMILES string of the molecule is CN=C(NC)Nc1cccc(C(=O)NCC(=O)NC[C@H](NC(=O)c2c(Cl)cc(-c3ccccc3)cc2Cl)C(=O)OCc2ccccc2)c1. The van der Waals surface area contributed by atoms with Crippen LogP contribution in [0.4, 0.5) is 5.69 Å². The number of amides is 3. The van der Waals surface area contributed by atoms with Gasteiger partial charge in [0.05, 0.1) is 22.2 Å². The Morgan fingerprint density at radius 3 is 2.10 bits per heavy atom. The van der Waals surface area contributed by atoms with Crippen LogP contribution >= 0.6 is 23.2 Å². The Bertz CT molecular complexity index is 1760. The van der Waals surface area contributed by atoms with Crippen LogP contribution in [-0.2, 0) is 20.9 Å². The molecule has 0 spiro atoms. The maximum atomic E-state index is 13.4. The molecule has 0 heterocycles. The molecule has 0 fully saturated rings. The molecule has 248 valence electrons. The van der Waals surface area contributed by atoms with Gasteiger partial charge in [-0.1, -0.05) is 89.9 Å². The van der Waals surface area contributed by atoms with Gasteiger partial charge in [-0.3, -0.25) is 19.4 Å². The molecular formula is C35H34Cl2N6O5. The van der Waals surface area contributed by atoms with Crippen LogP contribution in [0, 0.1) is 0 Å². The summed E-state index contributed by atoms with van der Waals surface area (Å²) in [6.45, 7) is -0.794. The normalized spacial score (nSPS) is 11.5. The first kappa shape index (κ1) is 35.5. The fraction of sp³-hybridized carbons (Fsp3) is 0.171. The van der Waals surface area contributed by atoms with Crippen molar-refractivity contribution >= 4 is 58.5 Å². The number of carbonyl (C=O) groups excluding carboxylic acids is 4. The van der Waals surface area contributed by atoms with Crippen molar-refractivity contribution in [2.45, 2.75) is 12.6 Å². The van der Waals surface area contributed by atoms with Crippen molar-refractivity contribution < 1.29 is 23.9 Å². The largest absolute Gasteiger partial charge is 0.459 e. The van der Waals surface area contributed by atoms with E-state index < -0.39 is 36.3 Å². The first-order chi connectivity index (χ1) is 23.2. The average Bonchev–Trinajstić information content (AvgIpc) is 3.10. The second kappa shape index (κ2) is 17.5. The number of ether oxygens (including phenoxy) is 1. The van der Waals surface area contributed by atoms with Crippen LogP contribution in [0.3, 0.4) is 0 Å². The third-order valence-corrected chi connectivity index (χ3v) is 7.55. The second-order valence-corrected chi connectivity index (χ2v) is 11.1. The third kappa shape index (κ3) is 10.1. The van der Waals surface area contributed by atoms with Gasteiger partial charge in [-0.2, -0.15) is 0 Å². The predicted molar refractivity (Wildman–Crippen MR) is 187 cm³/mol. The second-order valence-electron chi connectivity index (χ2n) is 10.3. The van der Waals surface area contributed by atoms with Gasteiger partial charge in [0, 0.05) is 31.9 Å². The molecule has 3 amide bonds. The number of anilines is 1. The number of halogens is 2. The van der Waals surface area contributed by atoms with E-state index in [9.17, 15) is 19.2 Å². The molecule has 0 saturated heterocycles. The van der Waals surface area contributed by atoms with E-state index in [0.717, 1.165) is 11.1 Å². The maximum Gasteiger partial charge on any atom is 0.330 e. The monoisotopic (exact) mass is 688 g/mol. The van der Waals surface area contributed by atoms with Gasteiger partial charge in [0.15, 0.2) is 5.96 Å². The number of rotatable bonds is 12. The van der Waals surface area contributed by atoms with Gasteiger partial charge >= 0.3 is 5.97 Å². The molecule has 0 bridgehead atoms. The molecule has 13 heteroatoms. The molecule has 0 unspecified atom stereocenters. The van der Waals surface area contributed by atoms with Crippen LogP contribution in [0.2, 0.25) is 10.0 Å². The lowest BCUT2D eigenvalue weighted by Gasteiger charge is -2.19. The Balaban J connectivity index is 1.42. The molecule has 0 aromatic heterocycles. The number of nitrogens with one attached hydrogen (secondary N) is 5. The van der Waals surface area contributed by atoms with Gasteiger partial charge in [-0.25, -0.2) is 4.79 Å². The minimum absolute atomic E-state index is 0.0405. The maximum absolute atomic E-state index is 13.4. The zero-order chi connectivity index (χ0) is 34.5. The van der Waals surface area contributed by atoms with E-state index in [1.54, 1.807) is 74.8 Å². The van der Waals surface area contributed by atoms with Crippen molar-refractivity contribution in [2.24, 2.45) is 4.99 Å². The number of esters is 1. The number of nitrogens with zero attached hydrogens (tertiary/aromatic N) is 1. The van der Waals surface area contributed by atoms with Crippen LogP contribution in [-0.4, -0.2) is 62.9 Å². The first-order valence-corrected chi connectivity index (χ1v) is 15.6. The highest BCUT2D eigenvalue weighted by molar-refractivity contribution is 6.40. The summed E-state index contributed by atoms with van der Waals surface area (Å²) >= 11 is 13.0. The van der Waals surface area contributed by atoms with Crippen molar-refractivity contribution in [3.05, 3.63) is 124 Å². The molecule has 0 radical (unpaired) electrons. The molecule has 0 aliphatic heterocycles. The van der Waals surface area contributed by atoms with E-state index in [-0.39, 0.29) is 28.8 Å². The smallest absolute Gasteiger partial charge is 0.330 e.